The lowest BCUT2D eigenvalue weighted by molar-refractivity contribution is -0.130. The van der Waals surface area contributed by atoms with Crippen LogP contribution in [0.5, 0.6) is 0 Å². The molecule has 0 saturated carbocycles. The fourth-order valence-corrected chi connectivity index (χ4v) is 3.78. The van der Waals surface area contributed by atoms with Gasteiger partial charge >= 0.3 is 0 Å². The fourth-order valence-electron chi connectivity index (χ4n) is 3.15. The van der Waals surface area contributed by atoms with Gasteiger partial charge in [0.2, 0.25) is 5.91 Å². The van der Waals surface area contributed by atoms with Gasteiger partial charge in [-0.2, -0.15) is 0 Å². The highest BCUT2D eigenvalue weighted by Crippen LogP contribution is 2.42. The fraction of sp³-hybridized carbons (Fsp3) is 0.929. The van der Waals surface area contributed by atoms with Gasteiger partial charge in [0.15, 0.2) is 9.84 Å². The molecular weight excluding hydrogens is 294 g/mol. The summed E-state index contributed by atoms with van der Waals surface area (Å²) in [7, 11) is -3.25. The normalized spacial score (nSPS) is 25.4. The number of ether oxygens (including phenoxy) is 2. The predicted octanol–water partition coefficient (Wildman–Crippen LogP) is 0.465. The zero-order valence-corrected chi connectivity index (χ0v) is 13.7. The third-order valence-corrected chi connectivity index (χ3v) is 5.13. The summed E-state index contributed by atoms with van der Waals surface area (Å²) in [6.07, 6.45) is 3.99. The number of likely N-dealkylation sites (tertiary alicyclic amines) is 1. The standard InChI is InChI=1S/C14H25NO5S/c1-3-19-9-12-8-14(11-20-12)4-6-15(7-5-14)13(16)10-21(2,17)18/h12H,3-11H2,1-2H3. The molecule has 0 aromatic rings. The van der Waals surface area contributed by atoms with E-state index in [1.54, 1.807) is 4.90 Å². The van der Waals surface area contributed by atoms with Crippen LogP contribution in [0.1, 0.15) is 26.2 Å². The third-order valence-electron chi connectivity index (χ3n) is 4.36. The van der Waals surface area contributed by atoms with Gasteiger partial charge in [-0.05, 0) is 31.6 Å². The molecule has 1 spiro atoms. The Bertz CT molecular complexity index is 468. The van der Waals surface area contributed by atoms with Gasteiger partial charge in [-0.15, -0.1) is 0 Å². The van der Waals surface area contributed by atoms with Crippen molar-refractivity contribution in [3.63, 3.8) is 0 Å². The SMILES string of the molecule is CCOCC1CC2(CCN(C(=O)CS(C)(=O)=O)CC2)CO1. The molecule has 1 amide bonds. The number of hydrogen-bond donors (Lipinski definition) is 0. The lowest BCUT2D eigenvalue weighted by Crippen LogP contribution is -2.45. The van der Waals surface area contributed by atoms with E-state index in [1.165, 1.54) is 0 Å². The van der Waals surface area contributed by atoms with E-state index >= 15 is 0 Å². The van der Waals surface area contributed by atoms with E-state index in [9.17, 15) is 13.2 Å². The Morgan fingerprint density at radius 2 is 2.05 bits per heavy atom. The largest absolute Gasteiger partial charge is 0.379 e. The van der Waals surface area contributed by atoms with Crippen molar-refractivity contribution in [1.29, 1.82) is 0 Å². The van der Waals surface area contributed by atoms with Crippen LogP contribution >= 0.6 is 0 Å². The molecule has 0 radical (unpaired) electrons. The Labute approximate surface area is 126 Å². The van der Waals surface area contributed by atoms with Crippen molar-refractivity contribution in [2.45, 2.75) is 32.3 Å². The Kier molecular flexibility index (Phi) is 5.27. The Morgan fingerprint density at radius 1 is 1.38 bits per heavy atom. The van der Waals surface area contributed by atoms with Crippen molar-refractivity contribution in [1.82, 2.24) is 4.90 Å². The summed E-state index contributed by atoms with van der Waals surface area (Å²) in [4.78, 5) is 13.6. The molecule has 7 heteroatoms. The minimum Gasteiger partial charge on any atom is -0.379 e. The lowest BCUT2D eigenvalue weighted by atomic mass is 9.76. The van der Waals surface area contributed by atoms with Gasteiger partial charge in [0.05, 0.1) is 19.3 Å². The molecule has 6 nitrogen and oxygen atoms in total. The first kappa shape index (κ1) is 16.7. The molecule has 0 aromatic carbocycles. The van der Waals surface area contributed by atoms with E-state index in [-0.39, 0.29) is 23.2 Å². The van der Waals surface area contributed by atoms with E-state index < -0.39 is 9.84 Å². The quantitative estimate of drug-likeness (QED) is 0.736. The average molecular weight is 319 g/mol. The average Bonchev–Trinajstić information content (AvgIpc) is 2.78. The topological polar surface area (TPSA) is 72.9 Å². The highest BCUT2D eigenvalue weighted by molar-refractivity contribution is 7.91. The van der Waals surface area contributed by atoms with Gasteiger partial charge < -0.3 is 14.4 Å². The van der Waals surface area contributed by atoms with E-state index in [4.69, 9.17) is 9.47 Å². The molecule has 2 rings (SSSR count). The van der Waals surface area contributed by atoms with Gasteiger partial charge in [-0.1, -0.05) is 0 Å². The van der Waals surface area contributed by atoms with Crippen molar-refractivity contribution in [3.05, 3.63) is 0 Å². The number of carbonyl (C=O) groups excluding carboxylic acids is 1. The zero-order chi connectivity index (χ0) is 15.5. The minimum atomic E-state index is -3.25. The summed E-state index contributed by atoms with van der Waals surface area (Å²) >= 11 is 0. The first-order valence-corrected chi connectivity index (χ1v) is 9.54. The smallest absolute Gasteiger partial charge is 0.237 e. The number of carbonyl (C=O) groups is 1. The maximum Gasteiger partial charge on any atom is 0.237 e. The highest BCUT2D eigenvalue weighted by Gasteiger charge is 2.43. The number of nitrogens with zero attached hydrogens (tertiary/aromatic N) is 1. The third kappa shape index (κ3) is 4.66. The molecule has 2 heterocycles. The van der Waals surface area contributed by atoms with Gasteiger partial charge in [-0.3, -0.25) is 4.79 Å². The van der Waals surface area contributed by atoms with Crippen LogP contribution in [0, 0.1) is 5.41 Å². The number of amides is 1. The number of rotatable bonds is 5. The second kappa shape index (κ2) is 6.62. The molecule has 2 aliphatic heterocycles. The Balaban J connectivity index is 1.82. The summed E-state index contributed by atoms with van der Waals surface area (Å²) in [6, 6.07) is 0. The summed E-state index contributed by atoms with van der Waals surface area (Å²) in [5, 5.41) is 0. The summed E-state index contributed by atoms with van der Waals surface area (Å²) in [5.41, 5.74) is 0.142. The predicted molar refractivity (Wildman–Crippen MR) is 78.8 cm³/mol. The molecule has 21 heavy (non-hydrogen) atoms. The molecule has 0 bridgehead atoms. The van der Waals surface area contributed by atoms with E-state index in [0.717, 1.165) is 32.1 Å². The molecular formula is C14H25NO5S. The van der Waals surface area contributed by atoms with Crippen LogP contribution in [0.3, 0.4) is 0 Å². The van der Waals surface area contributed by atoms with Crippen molar-refractivity contribution in [3.8, 4) is 0 Å². The van der Waals surface area contributed by atoms with Gasteiger partial charge in [-0.25, -0.2) is 8.42 Å². The van der Waals surface area contributed by atoms with Crippen molar-refractivity contribution < 1.29 is 22.7 Å². The van der Waals surface area contributed by atoms with Gasteiger partial charge in [0.25, 0.3) is 0 Å². The van der Waals surface area contributed by atoms with Gasteiger partial charge in [0.1, 0.15) is 5.75 Å². The molecule has 0 aliphatic carbocycles. The van der Waals surface area contributed by atoms with Crippen LogP contribution in [0.15, 0.2) is 0 Å². The van der Waals surface area contributed by atoms with Gasteiger partial charge in [0, 0.05) is 26.0 Å². The molecule has 2 aliphatic rings. The first-order valence-electron chi connectivity index (χ1n) is 7.48. The number of sulfone groups is 1. The molecule has 2 fully saturated rings. The zero-order valence-electron chi connectivity index (χ0n) is 12.8. The van der Waals surface area contributed by atoms with Crippen LogP contribution in [0.2, 0.25) is 0 Å². The number of piperidine rings is 1. The van der Waals surface area contributed by atoms with E-state index in [2.05, 4.69) is 0 Å². The Hall–Kier alpha value is -0.660. The number of hydrogen-bond acceptors (Lipinski definition) is 5. The Morgan fingerprint density at radius 3 is 2.62 bits per heavy atom. The molecule has 0 N–H and O–H groups in total. The molecule has 1 unspecified atom stereocenters. The lowest BCUT2D eigenvalue weighted by Gasteiger charge is -2.38. The van der Waals surface area contributed by atoms with Crippen LogP contribution < -0.4 is 0 Å². The van der Waals surface area contributed by atoms with Crippen molar-refractivity contribution in [2.24, 2.45) is 5.41 Å². The van der Waals surface area contributed by atoms with Crippen LogP contribution in [0.25, 0.3) is 0 Å². The second-order valence-corrected chi connectivity index (χ2v) is 8.39. The van der Waals surface area contributed by atoms with Crippen LogP contribution in [-0.2, 0) is 24.1 Å². The van der Waals surface area contributed by atoms with Crippen molar-refractivity contribution in [2.75, 3.05) is 44.9 Å². The maximum atomic E-state index is 11.9. The molecule has 2 saturated heterocycles. The van der Waals surface area contributed by atoms with E-state index in [0.29, 0.717) is 26.3 Å². The van der Waals surface area contributed by atoms with Crippen LogP contribution in [0.4, 0.5) is 0 Å². The van der Waals surface area contributed by atoms with E-state index in [1.807, 2.05) is 6.92 Å². The molecule has 0 aromatic heterocycles. The van der Waals surface area contributed by atoms with Crippen LogP contribution in [-0.4, -0.2) is 70.2 Å². The first-order chi connectivity index (χ1) is 9.84. The second-order valence-electron chi connectivity index (χ2n) is 6.25. The van der Waals surface area contributed by atoms with Crippen molar-refractivity contribution >= 4 is 15.7 Å². The summed E-state index contributed by atoms with van der Waals surface area (Å²) in [6.45, 7) is 5.27. The highest BCUT2D eigenvalue weighted by atomic mass is 32.2. The maximum absolute atomic E-state index is 11.9. The molecule has 1 atom stereocenters. The monoisotopic (exact) mass is 319 g/mol. The summed E-state index contributed by atoms with van der Waals surface area (Å²) < 4.78 is 33.6. The minimum absolute atomic E-state index is 0.142. The summed E-state index contributed by atoms with van der Waals surface area (Å²) in [5.74, 6) is -0.666. The molecule has 122 valence electrons.